The predicted molar refractivity (Wildman–Crippen MR) is 115 cm³/mol. The number of esters is 1. The Labute approximate surface area is 180 Å². The van der Waals surface area contributed by atoms with Crippen molar-refractivity contribution in [3.63, 3.8) is 0 Å². The molecule has 0 unspecified atom stereocenters. The van der Waals surface area contributed by atoms with E-state index in [-0.39, 0.29) is 54.1 Å². The molecule has 1 aliphatic heterocycles. The fraction of sp³-hybridized carbons (Fsp3) is 0.417. The second-order valence-corrected chi connectivity index (χ2v) is 8.87. The van der Waals surface area contributed by atoms with Crippen molar-refractivity contribution in [3.8, 4) is 0 Å². The summed E-state index contributed by atoms with van der Waals surface area (Å²) in [6, 6.07) is 7.70. The van der Waals surface area contributed by atoms with Gasteiger partial charge in [-0.15, -0.1) is 0 Å². The molecular weight excluding hydrogens is 394 g/mol. The average molecular weight is 419 g/mol. The fourth-order valence-corrected chi connectivity index (χ4v) is 5.37. The van der Waals surface area contributed by atoms with Crippen LogP contribution in [0.1, 0.15) is 31.5 Å². The lowest BCUT2D eigenvalue weighted by atomic mass is 9.85. The van der Waals surface area contributed by atoms with Crippen LogP contribution in [0.15, 0.2) is 41.5 Å². The Morgan fingerprint density at radius 3 is 2.45 bits per heavy atom. The summed E-state index contributed by atoms with van der Waals surface area (Å²) in [5, 5.41) is 6.30. The van der Waals surface area contributed by atoms with E-state index in [2.05, 4.69) is 17.3 Å². The van der Waals surface area contributed by atoms with E-state index >= 15 is 0 Å². The third kappa shape index (κ3) is 3.02. The van der Waals surface area contributed by atoms with Crippen LogP contribution in [0, 0.1) is 30.6 Å². The van der Waals surface area contributed by atoms with Crippen LogP contribution in [-0.2, 0) is 25.7 Å². The molecule has 1 aromatic carbocycles. The van der Waals surface area contributed by atoms with E-state index in [1.165, 1.54) is 0 Å². The number of rotatable bonds is 5. The number of aromatic nitrogens is 1. The zero-order chi connectivity index (χ0) is 21.9. The van der Waals surface area contributed by atoms with Crippen LogP contribution in [0.5, 0.6) is 0 Å². The number of nitrogens with zero attached hydrogens (tertiary/aromatic N) is 3. The summed E-state index contributed by atoms with van der Waals surface area (Å²) in [4.78, 5) is 38.1. The van der Waals surface area contributed by atoms with Crippen molar-refractivity contribution in [2.75, 3.05) is 0 Å². The van der Waals surface area contributed by atoms with Gasteiger partial charge in [0.05, 0.1) is 24.2 Å². The number of carbonyl (C=O) groups excluding carboxylic acids is 3. The van der Waals surface area contributed by atoms with Gasteiger partial charge in [-0.2, -0.15) is 10.1 Å². The van der Waals surface area contributed by atoms with Gasteiger partial charge in [0, 0.05) is 22.2 Å². The Bertz CT molecular complexity index is 1130. The average Bonchev–Trinajstić information content (AvgIpc) is 3.45. The number of carbonyl (C=O) groups is 3. The SMILES string of the molecule is Cc1c(C=NN2C(=O)[C@@H]3[C@H](C2=O)[C@H]2C=C[C@H]3C2)c2ccccc2n1CC(=O)OC(C)C. The minimum atomic E-state index is -0.317. The van der Waals surface area contributed by atoms with Crippen LogP contribution in [0.2, 0.25) is 0 Å². The van der Waals surface area contributed by atoms with E-state index in [4.69, 9.17) is 4.74 Å². The van der Waals surface area contributed by atoms with Gasteiger partial charge >= 0.3 is 5.97 Å². The monoisotopic (exact) mass is 419 g/mol. The summed E-state index contributed by atoms with van der Waals surface area (Å²) in [6.07, 6.45) is 6.42. The second-order valence-electron chi connectivity index (χ2n) is 8.87. The summed E-state index contributed by atoms with van der Waals surface area (Å²) in [5.41, 5.74) is 2.48. The number of fused-ring (bicyclic) bond motifs is 6. The molecule has 2 fully saturated rings. The molecule has 2 amide bonds. The minimum Gasteiger partial charge on any atom is -0.462 e. The number of hydrazone groups is 1. The number of hydrogen-bond acceptors (Lipinski definition) is 5. The van der Waals surface area contributed by atoms with Crippen molar-refractivity contribution in [2.45, 2.75) is 39.8 Å². The van der Waals surface area contributed by atoms with Gasteiger partial charge in [0.15, 0.2) is 0 Å². The Kier molecular flexibility index (Phi) is 4.57. The summed E-state index contributed by atoms with van der Waals surface area (Å²) in [6.45, 7) is 5.62. The Morgan fingerprint density at radius 1 is 1.16 bits per heavy atom. The highest BCUT2D eigenvalue weighted by molar-refractivity contribution is 6.08. The van der Waals surface area contributed by atoms with Crippen LogP contribution in [0.4, 0.5) is 0 Å². The second kappa shape index (κ2) is 7.18. The van der Waals surface area contributed by atoms with E-state index in [0.29, 0.717) is 0 Å². The van der Waals surface area contributed by atoms with Crippen molar-refractivity contribution < 1.29 is 19.1 Å². The molecule has 7 heteroatoms. The first-order valence-corrected chi connectivity index (χ1v) is 10.7. The molecule has 2 aromatic rings. The smallest absolute Gasteiger partial charge is 0.326 e. The molecule has 0 N–H and O–H groups in total. The summed E-state index contributed by atoms with van der Waals surface area (Å²) in [5.74, 6) is -0.955. The maximum atomic E-state index is 12.9. The van der Waals surface area contributed by atoms with Crippen molar-refractivity contribution in [2.24, 2.45) is 28.8 Å². The van der Waals surface area contributed by atoms with Gasteiger partial charge in [0.1, 0.15) is 6.54 Å². The molecule has 1 aromatic heterocycles. The molecule has 0 spiro atoms. The maximum Gasteiger partial charge on any atom is 0.326 e. The van der Waals surface area contributed by atoms with Crippen molar-refractivity contribution in [1.29, 1.82) is 0 Å². The predicted octanol–water partition coefficient (Wildman–Crippen LogP) is 3.04. The van der Waals surface area contributed by atoms with E-state index in [1.807, 2.05) is 49.6 Å². The first-order valence-electron chi connectivity index (χ1n) is 10.7. The number of ether oxygens (including phenoxy) is 1. The molecule has 2 heterocycles. The normalized spacial score (nSPS) is 26.8. The summed E-state index contributed by atoms with van der Waals surface area (Å²) in [7, 11) is 0. The fourth-order valence-electron chi connectivity index (χ4n) is 5.37. The van der Waals surface area contributed by atoms with Crippen molar-refractivity contribution in [3.05, 3.63) is 47.7 Å². The number of allylic oxidation sites excluding steroid dienone is 2. The Hall–Kier alpha value is -3.22. The molecule has 1 saturated carbocycles. The zero-order valence-corrected chi connectivity index (χ0v) is 17.8. The summed E-state index contributed by atoms with van der Waals surface area (Å²) >= 11 is 0. The van der Waals surface area contributed by atoms with E-state index in [0.717, 1.165) is 33.6 Å². The first kappa shape index (κ1) is 19.7. The molecule has 2 aliphatic carbocycles. The van der Waals surface area contributed by atoms with Gasteiger partial charge < -0.3 is 9.30 Å². The summed E-state index contributed by atoms with van der Waals surface area (Å²) < 4.78 is 7.19. The lowest BCUT2D eigenvalue weighted by Gasteiger charge is -2.13. The van der Waals surface area contributed by atoms with Gasteiger partial charge in [-0.1, -0.05) is 30.4 Å². The number of amides is 2. The van der Waals surface area contributed by atoms with Gasteiger partial charge in [-0.25, -0.2) is 0 Å². The van der Waals surface area contributed by atoms with Gasteiger partial charge in [0.25, 0.3) is 11.8 Å². The van der Waals surface area contributed by atoms with Crippen molar-refractivity contribution >= 4 is 34.9 Å². The van der Waals surface area contributed by atoms with E-state index < -0.39 is 0 Å². The molecule has 3 aliphatic rings. The molecule has 5 rings (SSSR count). The lowest BCUT2D eigenvalue weighted by molar-refractivity contribution is -0.148. The lowest BCUT2D eigenvalue weighted by Crippen LogP contribution is -2.28. The van der Waals surface area contributed by atoms with Crippen LogP contribution >= 0.6 is 0 Å². The Morgan fingerprint density at radius 2 is 1.81 bits per heavy atom. The molecule has 0 radical (unpaired) electrons. The number of benzene rings is 1. The van der Waals surface area contributed by atoms with Crippen LogP contribution in [-0.4, -0.2) is 39.7 Å². The zero-order valence-electron chi connectivity index (χ0n) is 17.8. The van der Waals surface area contributed by atoms with Gasteiger partial charge in [0.2, 0.25) is 0 Å². The Balaban J connectivity index is 1.47. The van der Waals surface area contributed by atoms with Crippen LogP contribution < -0.4 is 0 Å². The molecule has 4 atom stereocenters. The van der Waals surface area contributed by atoms with Crippen molar-refractivity contribution in [1.82, 2.24) is 9.58 Å². The molecular formula is C24H25N3O4. The highest BCUT2D eigenvalue weighted by atomic mass is 16.5. The molecule has 31 heavy (non-hydrogen) atoms. The van der Waals surface area contributed by atoms with Gasteiger partial charge in [-0.05, 0) is 45.1 Å². The van der Waals surface area contributed by atoms with Gasteiger partial charge in [-0.3, -0.25) is 14.4 Å². The number of para-hydroxylation sites is 1. The molecule has 160 valence electrons. The number of imide groups is 1. The standard InChI is InChI=1S/C24H25N3O4/c1-13(2)31-20(28)12-26-14(3)18(17-6-4-5-7-19(17)26)11-25-27-23(29)21-15-8-9-16(10-15)22(21)24(27)30/h4-9,11,13,15-16,21-22H,10,12H2,1-3H3/t15-,16-,21-,22+/m0/s1. The molecule has 7 nitrogen and oxygen atoms in total. The highest BCUT2D eigenvalue weighted by Gasteiger charge is 2.59. The number of hydrogen-bond donors (Lipinski definition) is 0. The molecule has 1 saturated heterocycles. The third-order valence-corrected chi connectivity index (χ3v) is 6.68. The largest absolute Gasteiger partial charge is 0.462 e. The quantitative estimate of drug-likeness (QED) is 0.323. The highest BCUT2D eigenvalue weighted by Crippen LogP contribution is 2.52. The molecule has 2 bridgehead atoms. The van der Waals surface area contributed by atoms with Crippen LogP contribution in [0.25, 0.3) is 10.9 Å². The maximum absolute atomic E-state index is 12.9. The topological polar surface area (TPSA) is 81.0 Å². The minimum absolute atomic E-state index is 0.0825. The first-order chi connectivity index (χ1) is 14.9. The van der Waals surface area contributed by atoms with E-state index in [1.54, 1.807) is 6.21 Å². The van der Waals surface area contributed by atoms with E-state index in [9.17, 15) is 14.4 Å². The van der Waals surface area contributed by atoms with Crippen LogP contribution in [0.3, 0.4) is 0 Å². The third-order valence-electron chi connectivity index (χ3n) is 6.68.